The van der Waals surface area contributed by atoms with Crippen LogP contribution in [-0.2, 0) is 5.41 Å². The van der Waals surface area contributed by atoms with Crippen molar-refractivity contribution in [3.63, 3.8) is 0 Å². The predicted molar refractivity (Wildman–Crippen MR) is 235 cm³/mol. The number of rotatable bonds is 5. The molecule has 0 saturated carbocycles. The second kappa shape index (κ2) is 12.4. The molecule has 264 valence electrons. The molecule has 0 atom stereocenters. The van der Waals surface area contributed by atoms with E-state index in [9.17, 15) is 0 Å². The molecule has 3 heteroatoms. The molecule has 11 rings (SSSR count). The van der Waals surface area contributed by atoms with E-state index in [0.717, 1.165) is 44.7 Å². The Morgan fingerprint density at radius 3 is 1.70 bits per heavy atom. The average molecular weight is 731 g/mol. The Bertz CT molecular complexity index is 2960. The first kappa shape index (κ1) is 32.7. The topological polar surface area (TPSA) is 25.8 Å². The van der Waals surface area contributed by atoms with E-state index < -0.39 is 13.5 Å². The van der Waals surface area contributed by atoms with Gasteiger partial charge in [-0.15, -0.1) is 0 Å². The Morgan fingerprint density at radius 1 is 0.411 bits per heavy atom. The van der Waals surface area contributed by atoms with Crippen LogP contribution in [-0.4, -0.2) is 18.0 Å². The van der Waals surface area contributed by atoms with Gasteiger partial charge in [0.1, 0.15) is 8.07 Å². The molecule has 9 aromatic rings. The molecule has 2 nitrogen and oxygen atoms in total. The highest BCUT2D eigenvalue weighted by Gasteiger charge is 2.46. The second-order valence-corrected chi connectivity index (χ2v) is 20.0. The van der Waals surface area contributed by atoms with Crippen LogP contribution >= 0.6 is 0 Å². The van der Waals surface area contributed by atoms with Crippen molar-refractivity contribution in [3.05, 3.63) is 216 Å². The Hall–Kier alpha value is -6.68. The van der Waals surface area contributed by atoms with Crippen molar-refractivity contribution in [2.45, 2.75) is 18.5 Å². The third-order valence-electron chi connectivity index (χ3n) is 12.4. The monoisotopic (exact) mass is 730 g/mol. The van der Waals surface area contributed by atoms with Gasteiger partial charge in [0.05, 0.1) is 16.6 Å². The van der Waals surface area contributed by atoms with E-state index in [0.29, 0.717) is 0 Å². The Balaban J connectivity index is 1.09. The molecule has 0 N–H and O–H groups in total. The fourth-order valence-electron chi connectivity index (χ4n) is 9.83. The number of benzene rings is 8. The van der Waals surface area contributed by atoms with Crippen molar-refractivity contribution in [1.82, 2.24) is 9.97 Å². The third kappa shape index (κ3) is 4.68. The smallest absolute Gasteiger partial charge is 0.160 e. The minimum absolute atomic E-state index is 0.454. The van der Waals surface area contributed by atoms with Crippen LogP contribution < -0.4 is 10.4 Å². The quantitative estimate of drug-likeness (QED) is 0.165. The van der Waals surface area contributed by atoms with Gasteiger partial charge in [0, 0.05) is 16.5 Å². The van der Waals surface area contributed by atoms with Gasteiger partial charge in [0.2, 0.25) is 0 Å². The molecule has 8 aromatic carbocycles. The summed E-state index contributed by atoms with van der Waals surface area (Å²) in [7, 11) is -1.88. The lowest BCUT2D eigenvalue weighted by molar-refractivity contribution is 0.769. The predicted octanol–water partition coefficient (Wildman–Crippen LogP) is 11.8. The first-order valence-electron chi connectivity index (χ1n) is 19.5. The summed E-state index contributed by atoms with van der Waals surface area (Å²) in [6, 6.07) is 71.0. The Morgan fingerprint density at radius 2 is 0.964 bits per heavy atom. The number of hydrogen-bond donors (Lipinski definition) is 0. The molecule has 1 aliphatic heterocycles. The lowest BCUT2D eigenvalue weighted by Gasteiger charge is -2.34. The van der Waals surface area contributed by atoms with Crippen LogP contribution in [0, 0.1) is 0 Å². The molecule has 0 spiro atoms. The van der Waals surface area contributed by atoms with E-state index in [-0.39, 0.29) is 0 Å². The van der Waals surface area contributed by atoms with Crippen molar-refractivity contribution in [2.24, 2.45) is 0 Å². The summed E-state index contributed by atoms with van der Waals surface area (Å²) in [4.78, 5) is 10.8. The zero-order valence-corrected chi connectivity index (χ0v) is 32.4. The van der Waals surface area contributed by atoms with Crippen molar-refractivity contribution in [1.29, 1.82) is 0 Å². The highest BCUT2D eigenvalue weighted by molar-refractivity contribution is 7.04. The number of aromatic nitrogens is 2. The SMILES string of the molecule is C[Si]1(C)c2ccccc2-c2c1ccc1nc(-c3cccc(-c4cccc(C5(c6ccccc6)c6ccccc6-c6ccccc65)c4)c3)nc(-c3ccccc3)c21. The molecule has 56 heavy (non-hydrogen) atoms. The first-order valence-corrected chi connectivity index (χ1v) is 22.5. The highest BCUT2D eigenvalue weighted by atomic mass is 28.3. The van der Waals surface area contributed by atoms with Gasteiger partial charge in [0.15, 0.2) is 5.82 Å². The van der Waals surface area contributed by atoms with E-state index in [1.165, 1.54) is 54.9 Å². The van der Waals surface area contributed by atoms with Crippen molar-refractivity contribution >= 4 is 29.4 Å². The van der Waals surface area contributed by atoms with Crippen molar-refractivity contribution in [3.8, 4) is 56.0 Å². The van der Waals surface area contributed by atoms with Crippen LogP contribution in [0.4, 0.5) is 0 Å². The molecule has 1 aliphatic carbocycles. The second-order valence-electron chi connectivity index (χ2n) is 15.7. The molecule has 0 amide bonds. The molecular formula is C53H38N2Si. The molecule has 2 heterocycles. The minimum Gasteiger partial charge on any atom is -0.228 e. The van der Waals surface area contributed by atoms with Crippen molar-refractivity contribution < 1.29 is 0 Å². The summed E-state index contributed by atoms with van der Waals surface area (Å²) < 4.78 is 0. The van der Waals surface area contributed by atoms with Gasteiger partial charge in [-0.05, 0) is 84.2 Å². The lowest BCUT2D eigenvalue weighted by atomic mass is 9.67. The molecule has 2 aliphatic rings. The van der Waals surface area contributed by atoms with Gasteiger partial charge in [-0.2, -0.15) is 0 Å². The minimum atomic E-state index is -1.88. The Labute approximate surface area is 328 Å². The van der Waals surface area contributed by atoms with Crippen LogP contribution in [0.2, 0.25) is 13.1 Å². The van der Waals surface area contributed by atoms with E-state index in [4.69, 9.17) is 9.97 Å². The molecule has 0 radical (unpaired) electrons. The summed E-state index contributed by atoms with van der Waals surface area (Å²) in [5, 5.41) is 4.09. The van der Waals surface area contributed by atoms with E-state index in [1.54, 1.807) is 0 Å². The van der Waals surface area contributed by atoms with Gasteiger partial charge in [0.25, 0.3) is 0 Å². The highest BCUT2D eigenvalue weighted by Crippen LogP contribution is 2.56. The Kier molecular flexibility index (Phi) is 7.26. The molecule has 0 bridgehead atoms. The fourth-order valence-corrected chi connectivity index (χ4v) is 12.9. The van der Waals surface area contributed by atoms with E-state index in [2.05, 4.69) is 207 Å². The summed E-state index contributed by atoms with van der Waals surface area (Å²) in [5.41, 5.74) is 16.3. The number of nitrogens with zero attached hydrogens (tertiary/aromatic N) is 2. The van der Waals surface area contributed by atoms with Gasteiger partial charge in [-0.3, -0.25) is 0 Å². The summed E-state index contributed by atoms with van der Waals surface area (Å²) in [6.07, 6.45) is 0. The maximum atomic E-state index is 5.46. The van der Waals surface area contributed by atoms with Gasteiger partial charge < -0.3 is 0 Å². The summed E-state index contributed by atoms with van der Waals surface area (Å²) in [5.74, 6) is 0.733. The number of fused-ring (bicyclic) bond motifs is 8. The third-order valence-corrected chi connectivity index (χ3v) is 15.9. The maximum Gasteiger partial charge on any atom is 0.160 e. The molecule has 1 aromatic heterocycles. The molecular weight excluding hydrogens is 693 g/mol. The largest absolute Gasteiger partial charge is 0.228 e. The summed E-state index contributed by atoms with van der Waals surface area (Å²) in [6.45, 7) is 4.93. The average Bonchev–Trinajstić information content (AvgIpc) is 3.70. The maximum absolute atomic E-state index is 5.46. The van der Waals surface area contributed by atoms with E-state index >= 15 is 0 Å². The molecule has 0 saturated heterocycles. The number of hydrogen-bond acceptors (Lipinski definition) is 2. The van der Waals surface area contributed by atoms with Crippen LogP contribution in [0.25, 0.3) is 66.9 Å². The fraction of sp³-hybridized carbons (Fsp3) is 0.0566. The molecule has 0 unspecified atom stereocenters. The zero-order chi connectivity index (χ0) is 37.4. The van der Waals surface area contributed by atoms with Crippen LogP contribution in [0.5, 0.6) is 0 Å². The van der Waals surface area contributed by atoms with Gasteiger partial charge in [-0.1, -0.05) is 189 Å². The first-order chi connectivity index (χ1) is 27.5. The van der Waals surface area contributed by atoms with Crippen molar-refractivity contribution in [2.75, 3.05) is 0 Å². The zero-order valence-electron chi connectivity index (χ0n) is 31.4. The standard InChI is InChI=1S/C53H38N2Si/c1-56(2)47-30-14-11-27-43(47)49-48(56)32-31-46-50(49)51(35-17-5-3-6-18-35)55-52(54-46)38-21-15-19-36(33-38)37-20-16-24-40(34-37)53(39-22-7-4-8-23-39)44-28-12-9-25-41(44)42-26-10-13-29-45(42)53/h3-34H,1-2H3. The normalized spacial score (nSPS) is 14.2. The van der Waals surface area contributed by atoms with Crippen LogP contribution in [0.3, 0.4) is 0 Å². The van der Waals surface area contributed by atoms with E-state index in [1.807, 2.05) is 0 Å². The van der Waals surface area contributed by atoms with Crippen LogP contribution in [0.15, 0.2) is 194 Å². The summed E-state index contributed by atoms with van der Waals surface area (Å²) >= 11 is 0. The van der Waals surface area contributed by atoms with Gasteiger partial charge in [-0.25, -0.2) is 9.97 Å². The molecule has 0 fully saturated rings. The van der Waals surface area contributed by atoms with Gasteiger partial charge >= 0.3 is 0 Å². The lowest BCUT2D eigenvalue weighted by Crippen LogP contribution is -2.49. The van der Waals surface area contributed by atoms with Crippen LogP contribution in [0.1, 0.15) is 22.3 Å².